The Balaban J connectivity index is 1.43. The quantitative estimate of drug-likeness (QED) is 0.539. The van der Waals surface area contributed by atoms with E-state index >= 15 is 0 Å². The number of aromatic amines is 2. The third kappa shape index (κ3) is 4.68. The van der Waals surface area contributed by atoms with Gasteiger partial charge in [0.25, 0.3) is 11.5 Å². The minimum Gasteiger partial charge on any atom is -0.452 e. The van der Waals surface area contributed by atoms with Crippen LogP contribution in [0.25, 0.3) is 6.08 Å². The molecule has 1 aliphatic heterocycles. The molecule has 1 amide bonds. The predicted octanol–water partition coefficient (Wildman–Crippen LogP) is 3.04. The minimum atomic E-state index is -1.01. The van der Waals surface area contributed by atoms with Crippen molar-refractivity contribution in [1.82, 2.24) is 15.0 Å². The summed E-state index contributed by atoms with van der Waals surface area (Å²) in [6, 6.07) is 19.3. The molecule has 9 heteroatoms. The fourth-order valence-corrected chi connectivity index (χ4v) is 4.77. The predicted molar refractivity (Wildman–Crippen MR) is 133 cm³/mol. The monoisotopic (exact) mass is 484 g/mol. The summed E-state index contributed by atoms with van der Waals surface area (Å²) in [5, 5.41) is 6.16. The number of hydrogen-bond acceptors (Lipinski definition) is 6. The van der Waals surface area contributed by atoms with Crippen molar-refractivity contribution in [2.45, 2.75) is 25.3 Å². The fraction of sp³-hybridized carbons (Fsp3) is 0.222. The molecule has 0 saturated heterocycles. The van der Waals surface area contributed by atoms with Gasteiger partial charge in [-0.2, -0.15) is 5.10 Å². The van der Waals surface area contributed by atoms with Crippen LogP contribution in [0.5, 0.6) is 0 Å². The first-order valence-corrected chi connectivity index (χ1v) is 11.7. The Labute approximate surface area is 206 Å². The van der Waals surface area contributed by atoms with E-state index in [4.69, 9.17) is 9.84 Å². The van der Waals surface area contributed by atoms with Crippen LogP contribution in [-0.2, 0) is 9.53 Å². The lowest BCUT2D eigenvalue weighted by molar-refractivity contribution is -0.137. The van der Waals surface area contributed by atoms with Gasteiger partial charge in [-0.05, 0) is 42.0 Å². The van der Waals surface area contributed by atoms with E-state index in [1.807, 2.05) is 65.6 Å². The van der Waals surface area contributed by atoms with Crippen molar-refractivity contribution in [3.05, 3.63) is 110 Å². The van der Waals surface area contributed by atoms with Crippen molar-refractivity contribution in [3.8, 4) is 0 Å². The lowest BCUT2D eigenvalue weighted by atomic mass is 9.77. The number of aromatic nitrogens is 2. The highest BCUT2D eigenvalue weighted by atomic mass is 16.5. The van der Waals surface area contributed by atoms with Crippen LogP contribution in [-0.4, -0.2) is 39.2 Å². The molecule has 2 atom stereocenters. The fourth-order valence-electron chi connectivity index (χ4n) is 4.77. The molecule has 0 radical (unpaired) electrons. The summed E-state index contributed by atoms with van der Waals surface area (Å²) in [6.45, 7) is -0.595. The van der Waals surface area contributed by atoms with Gasteiger partial charge in [-0.1, -0.05) is 60.7 Å². The summed E-state index contributed by atoms with van der Waals surface area (Å²) < 4.78 is 5.13. The first kappa shape index (κ1) is 23.2. The first-order valence-electron chi connectivity index (χ1n) is 11.7. The molecule has 5 rings (SSSR count). The molecule has 3 aromatic rings. The summed E-state index contributed by atoms with van der Waals surface area (Å²) in [5.74, 6) is -1.50. The number of esters is 1. The molecule has 1 aliphatic carbocycles. The highest BCUT2D eigenvalue weighted by Crippen LogP contribution is 2.44. The number of nitrogens with zero attached hydrogens (tertiary/aromatic N) is 2. The largest absolute Gasteiger partial charge is 0.452 e. The Morgan fingerprint density at radius 3 is 2.50 bits per heavy atom. The number of H-pyrrole nitrogens is 2. The standard InChI is InChI=1S/C27H24N4O5/c32-22(16-36-26(34)21-15-28-27(35)29-25(21)33)31-24(18-10-5-2-6-11-18)20-13-7-12-19(23(20)30-31)14-17-8-3-1-4-9-17/h1-6,8-11,14-15,20,24H,7,12-13,16H2,(H2,28,29,33,35)/b19-14-. The summed E-state index contributed by atoms with van der Waals surface area (Å²) in [4.78, 5) is 52.9. The van der Waals surface area contributed by atoms with Crippen molar-refractivity contribution in [2.24, 2.45) is 11.0 Å². The van der Waals surface area contributed by atoms with Crippen molar-refractivity contribution in [3.63, 3.8) is 0 Å². The van der Waals surface area contributed by atoms with E-state index in [1.54, 1.807) is 0 Å². The highest BCUT2D eigenvalue weighted by Gasteiger charge is 2.43. The van der Waals surface area contributed by atoms with Gasteiger partial charge in [-0.3, -0.25) is 14.6 Å². The molecule has 2 aliphatic rings. The molecule has 2 N–H and O–H groups in total. The van der Waals surface area contributed by atoms with Crippen molar-refractivity contribution < 1.29 is 14.3 Å². The Morgan fingerprint density at radius 2 is 1.78 bits per heavy atom. The zero-order chi connectivity index (χ0) is 25.1. The van der Waals surface area contributed by atoms with Gasteiger partial charge in [0.05, 0.1) is 11.8 Å². The molecule has 1 saturated carbocycles. The Morgan fingerprint density at radius 1 is 1.06 bits per heavy atom. The number of rotatable bonds is 5. The van der Waals surface area contributed by atoms with Crippen LogP contribution in [0.4, 0.5) is 0 Å². The third-order valence-corrected chi connectivity index (χ3v) is 6.40. The average molecular weight is 485 g/mol. The van der Waals surface area contributed by atoms with E-state index in [2.05, 4.69) is 11.1 Å². The van der Waals surface area contributed by atoms with Gasteiger partial charge in [0.15, 0.2) is 6.61 Å². The molecule has 9 nitrogen and oxygen atoms in total. The second kappa shape index (κ2) is 9.99. The third-order valence-electron chi connectivity index (χ3n) is 6.40. The minimum absolute atomic E-state index is 0.0119. The number of carbonyl (C=O) groups is 2. The van der Waals surface area contributed by atoms with E-state index in [0.717, 1.165) is 47.9 Å². The van der Waals surface area contributed by atoms with Gasteiger partial charge in [0.1, 0.15) is 5.56 Å². The highest BCUT2D eigenvalue weighted by molar-refractivity contribution is 6.08. The summed E-state index contributed by atoms with van der Waals surface area (Å²) in [5.41, 5.74) is 1.95. The zero-order valence-electron chi connectivity index (χ0n) is 19.3. The topological polar surface area (TPSA) is 125 Å². The lowest BCUT2D eigenvalue weighted by Crippen LogP contribution is -2.35. The number of carbonyl (C=O) groups excluding carboxylic acids is 2. The zero-order valence-corrected chi connectivity index (χ0v) is 19.3. The molecule has 0 spiro atoms. The molecular weight excluding hydrogens is 460 g/mol. The van der Waals surface area contributed by atoms with Crippen LogP contribution < -0.4 is 11.2 Å². The van der Waals surface area contributed by atoms with E-state index in [9.17, 15) is 19.2 Å². The van der Waals surface area contributed by atoms with Crippen molar-refractivity contribution >= 4 is 23.7 Å². The number of allylic oxidation sites excluding steroid dienone is 1. The van der Waals surface area contributed by atoms with E-state index in [1.165, 1.54) is 5.01 Å². The van der Waals surface area contributed by atoms with Gasteiger partial charge < -0.3 is 9.72 Å². The van der Waals surface area contributed by atoms with E-state index in [-0.39, 0.29) is 12.0 Å². The van der Waals surface area contributed by atoms with Gasteiger partial charge >= 0.3 is 11.7 Å². The maximum atomic E-state index is 13.3. The van der Waals surface area contributed by atoms with Gasteiger partial charge in [-0.15, -0.1) is 0 Å². The molecule has 1 fully saturated rings. The van der Waals surface area contributed by atoms with Crippen LogP contribution >= 0.6 is 0 Å². The summed E-state index contributed by atoms with van der Waals surface area (Å²) in [6.07, 6.45) is 5.78. The molecule has 2 unspecified atom stereocenters. The van der Waals surface area contributed by atoms with Gasteiger partial charge in [0, 0.05) is 12.1 Å². The van der Waals surface area contributed by atoms with E-state index in [0.29, 0.717) is 0 Å². The van der Waals surface area contributed by atoms with Crippen LogP contribution in [0.3, 0.4) is 0 Å². The maximum Gasteiger partial charge on any atom is 0.345 e. The molecular formula is C27H24N4O5. The second-order valence-corrected chi connectivity index (χ2v) is 8.72. The molecule has 0 bridgehead atoms. The number of benzene rings is 2. The number of hydrazone groups is 1. The Hall–Kier alpha value is -4.53. The van der Waals surface area contributed by atoms with Crippen molar-refractivity contribution in [2.75, 3.05) is 6.61 Å². The maximum absolute atomic E-state index is 13.3. The van der Waals surface area contributed by atoms with Crippen LogP contribution in [0.2, 0.25) is 0 Å². The van der Waals surface area contributed by atoms with Gasteiger partial charge in [0.2, 0.25) is 0 Å². The smallest absolute Gasteiger partial charge is 0.345 e. The lowest BCUT2D eigenvalue weighted by Gasteiger charge is -2.29. The number of fused-ring (bicyclic) bond motifs is 1. The molecule has 1 aromatic heterocycles. The Bertz CT molecular complexity index is 1460. The van der Waals surface area contributed by atoms with Crippen LogP contribution in [0.15, 0.2) is 87.1 Å². The molecule has 2 heterocycles. The Kier molecular flexibility index (Phi) is 6.44. The van der Waals surface area contributed by atoms with E-state index < -0.39 is 35.3 Å². The molecule has 182 valence electrons. The molecule has 2 aromatic carbocycles. The van der Waals surface area contributed by atoms with Crippen molar-refractivity contribution in [1.29, 1.82) is 0 Å². The normalized spacial score (nSPS) is 20.1. The van der Waals surface area contributed by atoms with Crippen LogP contribution in [0.1, 0.15) is 46.8 Å². The average Bonchev–Trinajstić information content (AvgIpc) is 3.29. The second-order valence-electron chi connectivity index (χ2n) is 8.72. The summed E-state index contributed by atoms with van der Waals surface area (Å²) in [7, 11) is 0. The van der Waals surface area contributed by atoms with Crippen LogP contribution in [0, 0.1) is 5.92 Å². The number of hydrogen-bond donors (Lipinski definition) is 2. The first-order chi connectivity index (χ1) is 17.5. The number of nitrogens with one attached hydrogen (secondary N) is 2. The SMILES string of the molecule is O=C(OCC(=O)N1N=C2/C(=C\c3ccccc3)CCCC2C1c1ccccc1)c1c[nH]c(=O)[nH]c1=O. The number of amides is 1. The molecule has 36 heavy (non-hydrogen) atoms. The number of ether oxygens (including phenoxy) is 1. The summed E-state index contributed by atoms with van der Waals surface area (Å²) >= 11 is 0. The van der Waals surface area contributed by atoms with Gasteiger partial charge in [-0.25, -0.2) is 14.6 Å².